The number of rotatable bonds is 2. The lowest BCUT2D eigenvalue weighted by Crippen LogP contribution is -2.36. The molecule has 0 saturated heterocycles. The van der Waals surface area contributed by atoms with Crippen molar-refractivity contribution in [2.45, 2.75) is 51.5 Å². The van der Waals surface area contributed by atoms with Crippen LogP contribution in [-0.2, 0) is 6.42 Å². The maximum absolute atomic E-state index is 3.62. The van der Waals surface area contributed by atoms with Gasteiger partial charge in [-0.05, 0) is 43.2 Å². The van der Waals surface area contributed by atoms with Crippen LogP contribution in [0.15, 0.2) is 18.2 Å². The SMILES string of the molecule is CC1CCCC(N(C)c2cccc3c2NCCC3)C1. The first-order valence-corrected chi connectivity index (χ1v) is 7.84. The molecule has 104 valence electrons. The molecule has 0 aromatic heterocycles. The van der Waals surface area contributed by atoms with Gasteiger partial charge in [0.25, 0.3) is 0 Å². The third-order valence-corrected chi connectivity index (χ3v) is 4.89. The molecule has 1 fully saturated rings. The first-order chi connectivity index (χ1) is 9.25. The van der Waals surface area contributed by atoms with Crippen LogP contribution in [0.4, 0.5) is 11.4 Å². The van der Waals surface area contributed by atoms with Gasteiger partial charge < -0.3 is 10.2 Å². The summed E-state index contributed by atoms with van der Waals surface area (Å²) >= 11 is 0. The zero-order valence-electron chi connectivity index (χ0n) is 12.3. The number of benzene rings is 1. The van der Waals surface area contributed by atoms with E-state index >= 15 is 0 Å². The van der Waals surface area contributed by atoms with E-state index in [1.165, 1.54) is 55.5 Å². The maximum Gasteiger partial charge on any atom is 0.0610 e. The second-order valence-electron chi connectivity index (χ2n) is 6.38. The van der Waals surface area contributed by atoms with Gasteiger partial charge >= 0.3 is 0 Å². The number of nitrogens with one attached hydrogen (secondary N) is 1. The maximum atomic E-state index is 3.62. The molecular formula is C17H26N2. The summed E-state index contributed by atoms with van der Waals surface area (Å²) in [6.07, 6.45) is 7.99. The number of anilines is 2. The highest BCUT2D eigenvalue weighted by molar-refractivity contribution is 5.74. The molecule has 2 unspecified atom stereocenters. The Morgan fingerprint density at radius 1 is 1.21 bits per heavy atom. The summed E-state index contributed by atoms with van der Waals surface area (Å²) in [6, 6.07) is 7.52. The lowest BCUT2D eigenvalue weighted by molar-refractivity contribution is 0.336. The van der Waals surface area contributed by atoms with Gasteiger partial charge in [0.05, 0.1) is 11.4 Å². The molecule has 2 aliphatic rings. The highest BCUT2D eigenvalue weighted by Gasteiger charge is 2.25. The molecule has 2 nitrogen and oxygen atoms in total. The Kier molecular flexibility index (Phi) is 3.67. The molecule has 1 N–H and O–H groups in total. The average molecular weight is 258 g/mol. The van der Waals surface area contributed by atoms with Gasteiger partial charge in [-0.25, -0.2) is 0 Å². The van der Waals surface area contributed by atoms with Crippen LogP contribution in [0.2, 0.25) is 0 Å². The third-order valence-electron chi connectivity index (χ3n) is 4.89. The van der Waals surface area contributed by atoms with E-state index in [4.69, 9.17) is 0 Å². The summed E-state index contributed by atoms with van der Waals surface area (Å²) in [7, 11) is 2.29. The molecule has 1 aliphatic heterocycles. The summed E-state index contributed by atoms with van der Waals surface area (Å²) in [5.41, 5.74) is 4.31. The fraction of sp³-hybridized carbons (Fsp3) is 0.647. The standard InChI is InChI=1S/C17H26N2/c1-13-6-3-9-15(12-13)19(2)16-10-4-7-14-8-5-11-18-17(14)16/h4,7,10,13,15,18H,3,5-6,8-9,11-12H2,1-2H3. The van der Waals surface area contributed by atoms with E-state index in [2.05, 4.69) is 42.4 Å². The molecule has 0 bridgehead atoms. The largest absolute Gasteiger partial charge is 0.383 e. The molecular weight excluding hydrogens is 232 g/mol. The molecule has 0 amide bonds. The van der Waals surface area contributed by atoms with Gasteiger partial charge in [-0.3, -0.25) is 0 Å². The van der Waals surface area contributed by atoms with E-state index in [0.29, 0.717) is 0 Å². The Hall–Kier alpha value is -1.18. The minimum Gasteiger partial charge on any atom is -0.383 e. The van der Waals surface area contributed by atoms with Gasteiger partial charge in [-0.2, -0.15) is 0 Å². The van der Waals surface area contributed by atoms with Gasteiger partial charge in [-0.1, -0.05) is 31.9 Å². The molecule has 1 heterocycles. The summed E-state index contributed by atoms with van der Waals surface area (Å²) in [6.45, 7) is 3.53. The molecule has 1 saturated carbocycles. The Morgan fingerprint density at radius 3 is 2.95 bits per heavy atom. The molecule has 19 heavy (non-hydrogen) atoms. The van der Waals surface area contributed by atoms with Gasteiger partial charge in [0.15, 0.2) is 0 Å². The second kappa shape index (κ2) is 5.44. The predicted molar refractivity (Wildman–Crippen MR) is 83.1 cm³/mol. The monoisotopic (exact) mass is 258 g/mol. The van der Waals surface area contributed by atoms with Crippen molar-refractivity contribution >= 4 is 11.4 Å². The van der Waals surface area contributed by atoms with Crippen LogP contribution in [0.3, 0.4) is 0 Å². The Balaban J connectivity index is 1.84. The van der Waals surface area contributed by atoms with E-state index in [-0.39, 0.29) is 0 Å². The number of hydrogen-bond acceptors (Lipinski definition) is 2. The first kappa shape index (κ1) is 12.8. The fourth-order valence-corrected chi connectivity index (χ4v) is 3.74. The van der Waals surface area contributed by atoms with Crippen LogP contribution < -0.4 is 10.2 Å². The predicted octanol–water partition coefficient (Wildman–Crippen LogP) is 4.06. The summed E-state index contributed by atoms with van der Waals surface area (Å²) in [4.78, 5) is 2.53. The Labute approximate surface area is 117 Å². The normalized spacial score (nSPS) is 26.4. The van der Waals surface area contributed by atoms with Crippen LogP contribution in [0.5, 0.6) is 0 Å². The van der Waals surface area contributed by atoms with Crippen molar-refractivity contribution in [3.63, 3.8) is 0 Å². The number of para-hydroxylation sites is 1. The van der Waals surface area contributed by atoms with E-state index in [0.717, 1.165) is 18.5 Å². The van der Waals surface area contributed by atoms with Crippen molar-refractivity contribution in [2.75, 3.05) is 23.8 Å². The van der Waals surface area contributed by atoms with Crippen molar-refractivity contribution in [1.29, 1.82) is 0 Å². The van der Waals surface area contributed by atoms with Crippen LogP contribution in [-0.4, -0.2) is 19.6 Å². The second-order valence-corrected chi connectivity index (χ2v) is 6.38. The zero-order chi connectivity index (χ0) is 13.2. The topological polar surface area (TPSA) is 15.3 Å². The molecule has 1 aliphatic carbocycles. The minimum absolute atomic E-state index is 0.721. The molecule has 3 rings (SSSR count). The third kappa shape index (κ3) is 2.58. The molecule has 0 spiro atoms. The van der Waals surface area contributed by atoms with Gasteiger partial charge in [0, 0.05) is 19.6 Å². The Bertz CT molecular complexity index is 441. The quantitative estimate of drug-likeness (QED) is 0.860. The van der Waals surface area contributed by atoms with Crippen molar-refractivity contribution in [3.05, 3.63) is 23.8 Å². The van der Waals surface area contributed by atoms with E-state index in [1.807, 2.05) is 0 Å². The van der Waals surface area contributed by atoms with Gasteiger partial charge in [-0.15, -0.1) is 0 Å². The molecule has 1 aromatic rings. The van der Waals surface area contributed by atoms with Crippen molar-refractivity contribution in [2.24, 2.45) is 5.92 Å². The number of nitrogens with zero attached hydrogens (tertiary/aromatic N) is 1. The van der Waals surface area contributed by atoms with Crippen LogP contribution in [0.25, 0.3) is 0 Å². The van der Waals surface area contributed by atoms with Gasteiger partial charge in [0.1, 0.15) is 0 Å². The number of fused-ring (bicyclic) bond motifs is 1. The molecule has 0 radical (unpaired) electrons. The van der Waals surface area contributed by atoms with Crippen LogP contribution in [0, 0.1) is 5.92 Å². The molecule has 2 atom stereocenters. The average Bonchev–Trinajstić information content (AvgIpc) is 2.46. The Morgan fingerprint density at radius 2 is 2.11 bits per heavy atom. The minimum atomic E-state index is 0.721. The fourth-order valence-electron chi connectivity index (χ4n) is 3.74. The van der Waals surface area contributed by atoms with Crippen molar-refractivity contribution in [3.8, 4) is 0 Å². The lowest BCUT2D eigenvalue weighted by atomic mass is 9.86. The van der Waals surface area contributed by atoms with Gasteiger partial charge in [0.2, 0.25) is 0 Å². The van der Waals surface area contributed by atoms with Crippen molar-refractivity contribution < 1.29 is 0 Å². The number of aryl methyl sites for hydroxylation is 1. The highest BCUT2D eigenvalue weighted by atomic mass is 15.2. The summed E-state index contributed by atoms with van der Waals surface area (Å²) in [5, 5.41) is 3.62. The van der Waals surface area contributed by atoms with Crippen LogP contribution in [0.1, 0.15) is 44.6 Å². The van der Waals surface area contributed by atoms with Crippen LogP contribution >= 0.6 is 0 Å². The first-order valence-electron chi connectivity index (χ1n) is 7.84. The van der Waals surface area contributed by atoms with E-state index in [9.17, 15) is 0 Å². The van der Waals surface area contributed by atoms with E-state index in [1.54, 1.807) is 0 Å². The number of hydrogen-bond donors (Lipinski definition) is 1. The highest BCUT2D eigenvalue weighted by Crippen LogP contribution is 2.36. The molecule has 2 heteroatoms. The summed E-state index contributed by atoms with van der Waals surface area (Å²) in [5.74, 6) is 0.883. The molecule has 1 aromatic carbocycles. The zero-order valence-corrected chi connectivity index (χ0v) is 12.3. The van der Waals surface area contributed by atoms with Crippen molar-refractivity contribution in [1.82, 2.24) is 0 Å². The summed E-state index contributed by atoms with van der Waals surface area (Å²) < 4.78 is 0. The smallest absolute Gasteiger partial charge is 0.0610 e. The van der Waals surface area contributed by atoms with E-state index < -0.39 is 0 Å². The lowest BCUT2D eigenvalue weighted by Gasteiger charge is -2.37.